The van der Waals surface area contributed by atoms with Crippen LogP contribution in [0.25, 0.3) is 10.9 Å². The van der Waals surface area contributed by atoms with Crippen molar-refractivity contribution in [1.29, 1.82) is 0 Å². The quantitative estimate of drug-likeness (QED) is 0.398. The molecule has 126 valence electrons. The number of ether oxygens (including phenoxy) is 1. The third kappa shape index (κ3) is 4.99. The third-order valence-electron chi connectivity index (χ3n) is 3.88. The van der Waals surface area contributed by atoms with Gasteiger partial charge in [-0.25, -0.2) is 0 Å². The number of fused-ring (bicyclic) bond motifs is 1. The van der Waals surface area contributed by atoms with Gasteiger partial charge in [-0.05, 0) is 37.8 Å². The predicted octanol–water partition coefficient (Wildman–Crippen LogP) is 2.61. The van der Waals surface area contributed by atoms with E-state index in [1.54, 1.807) is 7.05 Å². The lowest BCUT2D eigenvalue weighted by atomic mass is 10.1. The number of hydrogen-bond acceptors (Lipinski definition) is 2. The first-order chi connectivity index (χ1) is 11.3. The molecule has 0 radical (unpaired) electrons. The number of guanidine groups is 1. The summed E-state index contributed by atoms with van der Waals surface area (Å²) in [4.78, 5) is 7.62. The van der Waals surface area contributed by atoms with Gasteiger partial charge in [-0.1, -0.05) is 18.2 Å². The normalized spacial score (nSPS) is 11.9. The predicted molar refractivity (Wildman–Crippen MR) is 97.2 cm³/mol. The van der Waals surface area contributed by atoms with Crippen LogP contribution in [0.1, 0.15) is 24.5 Å². The summed E-state index contributed by atoms with van der Waals surface area (Å²) in [6.07, 6.45) is 4.05. The van der Waals surface area contributed by atoms with Crippen molar-refractivity contribution in [3.63, 3.8) is 0 Å². The van der Waals surface area contributed by atoms with E-state index >= 15 is 0 Å². The lowest BCUT2D eigenvalue weighted by molar-refractivity contribution is 0.145. The van der Waals surface area contributed by atoms with E-state index in [9.17, 15) is 0 Å². The number of benzene rings is 1. The molecule has 1 heterocycles. The van der Waals surface area contributed by atoms with Gasteiger partial charge in [0.15, 0.2) is 5.96 Å². The van der Waals surface area contributed by atoms with E-state index in [4.69, 9.17) is 4.74 Å². The van der Waals surface area contributed by atoms with Gasteiger partial charge in [0.2, 0.25) is 0 Å². The fourth-order valence-corrected chi connectivity index (χ4v) is 2.63. The van der Waals surface area contributed by atoms with Gasteiger partial charge in [-0.15, -0.1) is 0 Å². The molecule has 5 nitrogen and oxygen atoms in total. The fraction of sp³-hybridized carbons (Fsp3) is 0.500. The second kappa shape index (κ2) is 9.20. The third-order valence-corrected chi connectivity index (χ3v) is 3.88. The Kier molecular flexibility index (Phi) is 6.94. The first kappa shape index (κ1) is 17.3. The second-order valence-corrected chi connectivity index (χ2v) is 5.54. The maximum absolute atomic E-state index is 5.33. The Morgan fingerprint density at radius 2 is 2.09 bits per heavy atom. The Morgan fingerprint density at radius 1 is 1.26 bits per heavy atom. The minimum Gasteiger partial charge on any atom is -0.382 e. The zero-order chi connectivity index (χ0) is 16.5. The Morgan fingerprint density at radius 3 is 2.87 bits per heavy atom. The first-order valence-corrected chi connectivity index (χ1v) is 8.34. The van der Waals surface area contributed by atoms with Crippen molar-refractivity contribution in [2.45, 2.75) is 26.7 Å². The average molecular weight is 316 g/mol. The van der Waals surface area contributed by atoms with Crippen LogP contribution in [0.5, 0.6) is 0 Å². The highest BCUT2D eigenvalue weighted by Gasteiger charge is 2.05. The van der Waals surface area contributed by atoms with E-state index in [0.29, 0.717) is 0 Å². The average Bonchev–Trinajstić information content (AvgIpc) is 2.97. The summed E-state index contributed by atoms with van der Waals surface area (Å²) in [5, 5.41) is 7.98. The molecule has 0 aliphatic carbocycles. The maximum atomic E-state index is 5.33. The summed E-state index contributed by atoms with van der Waals surface area (Å²) >= 11 is 0. The first-order valence-electron chi connectivity index (χ1n) is 8.34. The SMILES string of the molecule is CCOCCCNC(=NC)NCCc1c[nH]c2c(C)cccc12. The van der Waals surface area contributed by atoms with E-state index in [0.717, 1.165) is 45.1 Å². The van der Waals surface area contributed by atoms with Gasteiger partial charge in [0.05, 0.1) is 0 Å². The van der Waals surface area contributed by atoms with Crippen molar-refractivity contribution in [3.8, 4) is 0 Å². The lowest BCUT2D eigenvalue weighted by Gasteiger charge is -2.11. The van der Waals surface area contributed by atoms with E-state index in [2.05, 4.69) is 51.9 Å². The van der Waals surface area contributed by atoms with Crippen LogP contribution in [0, 0.1) is 6.92 Å². The Hall–Kier alpha value is -2.01. The van der Waals surface area contributed by atoms with Crippen molar-refractivity contribution in [2.75, 3.05) is 33.4 Å². The molecule has 0 saturated carbocycles. The van der Waals surface area contributed by atoms with Crippen LogP contribution in [0.2, 0.25) is 0 Å². The van der Waals surface area contributed by atoms with E-state index in [1.807, 2.05) is 6.92 Å². The summed E-state index contributed by atoms with van der Waals surface area (Å²) in [6, 6.07) is 6.42. The zero-order valence-electron chi connectivity index (χ0n) is 14.4. The molecule has 0 unspecified atom stereocenters. The highest BCUT2D eigenvalue weighted by molar-refractivity contribution is 5.86. The highest BCUT2D eigenvalue weighted by atomic mass is 16.5. The minimum atomic E-state index is 0.775. The fourth-order valence-electron chi connectivity index (χ4n) is 2.63. The van der Waals surface area contributed by atoms with Crippen molar-refractivity contribution < 1.29 is 4.74 Å². The number of aryl methyl sites for hydroxylation is 1. The monoisotopic (exact) mass is 316 g/mol. The van der Waals surface area contributed by atoms with Crippen molar-refractivity contribution in [2.24, 2.45) is 4.99 Å². The Labute approximate surface area is 138 Å². The van der Waals surface area contributed by atoms with Crippen LogP contribution in [-0.4, -0.2) is 44.3 Å². The van der Waals surface area contributed by atoms with Crippen LogP contribution in [0.4, 0.5) is 0 Å². The molecular formula is C18H28N4O. The molecule has 0 amide bonds. The Balaban J connectivity index is 1.77. The number of aromatic amines is 1. The number of para-hydroxylation sites is 1. The molecule has 0 atom stereocenters. The van der Waals surface area contributed by atoms with E-state index < -0.39 is 0 Å². The minimum absolute atomic E-state index is 0.775. The van der Waals surface area contributed by atoms with Gasteiger partial charge in [-0.3, -0.25) is 4.99 Å². The van der Waals surface area contributed by atoms with Gasteiger partial charge in [-0.2, -0.15) is 0 Å². The number of nitrogens with zero attached hydrogens (tertiary/aromatic N) is 1. The summed E-state index contributed by atoms with van der Waals surface area (Å²) in [5.74, 6) is 0.845. The molecule has 5 heteroatoms. The van der Waals surface area contributed by atoms with Gasteiger partial charge in [0.25, 0.3) is 0 Å². The number of aliphatic imine (C=N–C) groups is 1. The molecule has 2 aromatic rings. The second-order valence-electron chi connectivity index (χ2n) is 5.54. The van der Waals surface area contributed by atoms with Crippen molar-refractivity contribution >= 4 is 16.9 Å². The molecule has 1 aromatic heterocycles. The van der Waals surface area contributed by atoms with Gasteiger partial charge in [0.1, 0.15) is 0 Å². The van der Waals surface area contributed by atoms with E-state index in [1.165, 1.54) is 22.0 Å². The van der Waals surface area contributed by atoms with Crippen molar-refractivity contribution in [3.05, 3.63) is 35.5 Å². The highest BCUT2D eigenvalue weighted by Crippen LogP contribution is 2.21. The number of rotatable bonds is 8. The van der Waals surface area contributed by atoms with Crippen LogP contribution >= 0.6 is 0 Å². The van der Waals surface area contributed by atoms with Crippen LogP contribution < -0.4 is 10.6 Å². The molecule has 2 rings (SSSR count). The molecule has 1 aromatic carbocycles. The Bertz CT molecular complexity index is 633. The number of aromatic nitrogens is 1. The topological polar surface area (TPSA) is 61.4 Å². The molecule has 23 heavy (non-hydrogen) atoms. The molecule has 3 N–H and O–H groups in total. The summed E-state index contributed by atoms with van der Waals surface area (Å²) in [5.41, 5.74) is 3.86. The van der Waals surface area contributed by atoms with Crippen molar-refractivity contribution in [1.82, 2.24) is 15.6 Å². The van der Waals surface area contributed by atoms with Gasteiger partial charge in [0, 0.05) is 50.5 Å². The summed E-state index contributed by atoms with van der Waals surface area (Å²) < 4.78 is 5.33. The van der Waals surface area contributed by atoms with Crippen LogP contribution in [0.3, 0.4) is 0 Å². The molecule has 0 fully saturated rings. The number of hydrogen-bond donors (Lipinski definition) is 3. The van der Waals surface area contributed by atoms with Gasteiger partial charge >= 0.3 is 0 Å². The molecule has 0 aliphatic heterocycles. The van der Waals surface area contributed by atoms with E-state index in [-0.39, 0.29) is 0 Å². The molecular weight excluding hydrogens is 288 g/mol. The maximum Gasteiger partial charge on any atom is 0.190 e. The van der Waals surface area contributed by atoms with Gasteiger partial charge < -0.3 is 20.4 Å². The molecule has 0 aliphatic rings. The smallest absolute Gasteiger partial charge is 0.190 e. The molecule has 0 bridgehead atoms. The largest absolute Gasteiger partial charge is 0.382 e. The van der Waals surface area contributed by atoms with Crippen LogP contribution in [0.15, 0.2) is 29.4 Å². The van der Waals surface area contributed by atoms with Crippen LogP contribution in [-0.2, 0) is 11.2 Å². The molecule has 0 saturated heterocycles. The standard InChI is InChI=1S/C18H28N4O/c1-4-23-12-6-10-20-18(19-3)21-11-9-15-13-22-17-14(2)7-5-8-16(15)17/h5,7-8,13,22H,4,6,9-12H2,1-3H3,(H2,19,20,21). The zero-order valence-corrected chi connectivity index (χ0v) is 14.4. The number of H-pyrrole nitrogens is 1. The summed E-state index contributed by atoms with van der Waals surface area (Å²) in [7, 11) is 1.80. The summed E-state index contributed by atoms with van der Waals surface area (Å²) in [6.45, 7) is 7.43. The number of nitrogens with one attached hydrogen (secondary N) is 3. The molecule has 0 spiro atoms. The lowest BCUT2D eigenvalue weighted by Crippen LogP contribution is -2.39.